The molecule has 4 nitrogen and oxygen atoms in total. The van der Waals surface area contributed by atoms with Gasteiger partial charge in [-0.15, -0.1) is 0 Å². The summed E-state index contributed by atoms with van der Waals surface area (Å²) in [7, 11) is 1.70. The standard InChI is InChI=1S/C21H25N3O/c1-15-13-24-18(12-23-20(24)21(2)8-9-22-14-21)11-17(15)10-16-4-6-19(25-3)7-5-16/h4-7,11-13,22H,8-10,14H2,1-3H3. The van der Waals surface area contributed by atoms with Crippen molar-refractivity contribution in [3.05, 3.63) is 65.2 Å². The molecule has 1 saturated heterocycles. The van der Waals surface area contributed by atoms with E-state index in [1.54, 1.807) is 7.11 Å². The third-order valence-electron chi connectivity index (χ3n) is 5.44. The molecule has 1 aliphatic rings. The molecule has 0 radical (unpaired) electrons. The molecule has 3 heterocycles. The van der Waals surface area contributed by atoms with Gasteiger partial charge in [0.25, 0.3) is 0 Å². The SMILES string of the molecule is COc1ccc(Cc2cc3cnc(C4(C)CCNC4)n3cc2C)cc1. The van der Waals surface area contributed by atoms with Crippen molar-refractivity contribution >= 4 is 5.52 Å². The number of imidazole rings is 1. The summed E-state index contributed by atoms with van der Waals surface area (Å²) >= 11 is 0. The summed E-state index contributed by atoms with van der Waals surface area (Å²) in [6.07, 6.45) is 6.32. The minimum Gasteiger partial charge on any atom is -0.497 e. The zero-order valence-corrected chi connectivity index (χ0v) is 15.2. The van der Waals surface area contributed by atoms with Gasteiger partial charge in [0, 0.05) is 18.2 Å². The number of hydrogen-bond donors (Lipinski definition) is 1. The largest absolute Gasteiger partial charge is 0.497 e. The van der Waals surface area contributed by atoms with Crippen LogP contribution in [-0.4, -0.2) is 29.6 Å². The lowest BCUT2D eigenvalue weighted by Crippen LogP contribution is -2.27. The van der Waals surface area contributed by atoms with Crippen LogP contribution in [-0.2, 0) is 11.8 Å². The number of ether oxygens (including phenoxy) is 1. The topological polar surface area (TPSA) is 38.6 Å². The first kappa shape index (κ1) is 16.2. The van der Waals surface area contributed by atoms with Crippen LogP contribution in [0.4, 0.5) is 0 Å². The summed E-state index contributed by atoms with van der Waals surface area (Å²) < 4.78 is 7.52. The fraction of sp³-hybridized carbons (Fsp3) is 0.381. The Labute approximate surface area is 148 Å². The molecule has 0 saturated carbocycles. The van der Waals surface area contributed by atoms with Crippen molar-refractivity contribution in [2.45, 2.75) is 32.1 Å². The highest BCUT2D eigenvalue weighted by atomic mass is 16.5. The van der Waals surface area contributed by atoms with Gasteiger partial charge in [0.05, 0.1) is 18.8 Å². The first-order chi connectivity index (χ1) is 12.1. The second-order valence-corrected chi connectivity index (χ2v) is 7.37. The molecule has 25 heavy (non-hydrogen) atoms. The van der Waals surface area contributed by atoms with Crippen LogP contribution in [0.15, 0.2) is 42.7 Å². The van der Waals surface area contributed by atoms with Crippen LogP contribution in [0, 0.1) is 6.92 Å². The molecule has 3 aromatic rings. The maximum atomic E-state index is 5.24. The summed E-state index contributed by atoms with van der Waals surface area (Å²) in [5.74, 6) is 2.07. The number of nitrogens with one attached hydrogen (secondary N) is 1. The molecule has 1 fully saturated rings. The third kappa shape index (κ3) is 2.91. The van der Waals surface area contributed by atoms with Gasteiger partial charge in [0.1, 0.15) is 11.6 Å². The fourth-order valence-corrected chi connectivity index (χ4v) is 3.79. The van der Waals surface area contributed by atoms with Crippen LogP contribution < -0.4 is 10.1 Å². The smallest absolute Gasteiger partial charge is 0.120 e. The van der Waals surface area contributed by atoms with Crippen molar-refractivity contribution in [2.24, 2.45) is 0 Å². The van der Waals surface area contributed by atoms with Crippen molar-refractivity contribution < 1.29 is 4.74 Å². The molecular formula is C21H25N3O. The summed E-state index contributed by atoms with van der Waals surface area (Å²) in [5, 5.41) is 3.47. The Hall–Kier alpha value is -2.33. The maximum Gasteiger partial charge on any atom is 0.120 e. The van der Waals surface area contributed by atoms with Crippen LogP contribution in [0.1, 0.15) is 35.9 Å². The summed E-state index contributed by atoms with van der Waals surface area (Å²) in [6.45, 7) is 6.57. The van der Waals surface area contributed by atoms with Gasteiger partial charge < -0.3 is 14.5 Å². The van der Waals surface area contributed by atoms with E-state index >= 15 is 0 Å². The zero-order valence-electron chi connectivity index (χ0n) is 15.2. The Bertz CT molecular complexity index is 889. The quantitative estimate of drug-likeness (QED) is 0.793. The number of aromatic nitrogens is 2. The van der Waals surface area contributed by atoms with Crippen LogP contribution >= 0.6 is 0 Å². The van der Waals surface area contributed by atoms with Crippen LogP contribution in [0.5, 0.6) is 5.75 Å². The van der Waals surface area contributed by atoms with Gasteiger partial charge in [-0.1, -0.05) is 19.1 Å². The molecule has 1 aromatic carbocycles. The number of fused-ring (bicyclic) bond motifs is 1. The van der Waals surface area contributed by atoms with E-state index in [1.165, 1.54) is 28.0 Å². The molecular weight excluding hydrogens is 310 g/mol. The lowest BCUT2D eigenvalue weighted by Gasteiger charge is -2.21. The fourth-order valence-electron chi connectivity index (χ4n) is 3.79. The second kappa shape index (κ2) is 6.19. The van der Waals surface area contributed by atoms with Gasteiger partial charge in [-0.25, -0.2) is 4.98 Å². The highest BCUT2D eigenvalue weighted by molar-refractivity contribution is 5.52. The van der Waals surface area contributed by atoms with Gasteiger partial charge in [-0.05, 0) is 61.2 Å². The molecule has 1 N–H and O–H groups in total. The first-order valence-electron chi connectivity index (χ1n) is 8.90. The van der Waals surface area contributed by atoms with Gasteiger partial charge in [0.2, 0.25) is 0 Å². The molecule has 130 valence electrons. The van der Waals surface area contributed by atoms with E-state index in [0.29, 0.717) is 0 Å². The molecule has 1 aliphatic heterocycles. The molecule has 0 aliphatic carbocycles. The Morgan fingerprint density at radius 2 is 2.08 bits per heavy atom. The second-order valence-electron chi connectivity index (χ2n) is 7.37. The van der Waals surface area contributed by atoms with Crippen LogP contribution in [0.3, 0.4) is 0 Å². The normalized spacial score (nSPS) is 20.3. The van der Waals surface area contributed by atoms with Gasteiger partial charge in [-0.2, -0.15) is 0 Å². The van der Waals surface area contributed by atoms with E-state index in [0.717, 1.165) is 31.7 Å². The third-order valence-corrected chi connectivity index (χ3v) is 5.44. The number of methoxy groups -OCH3 is 1. The van der Waals surface area contributed by atoms with Gasteiger partial charge in [-0.3, -0.25) is 0 Å². The lowest BCUT2D eigenvalue weighted by atomic mass is 9.89. The van der Waals surface area contributed by atoms with Gasteiger partial charge >= 0.3 is 0 Å². The monoisotopic (exact) mass is 335 g/mol. The van der Waals surface area contributed by atoms with Crippen molar-refractivity contribution in [3.63, 3.8) is 0 Å². The molecule has 0 amide bonds. The van der Waals surface area contributed by atoms with E-state index in [2.05, 4.69) is 48.0 Å². The highest BCUT2D eigenvalue weighted by Gasteiger charge is 2.34. The molecule has 0 spiro atoms. The Balaban J connectivity index is 1.68. The molecule has 2 aromatic heterocycles. The number of pyridine rings is 1. The summed E-state index contributed by atoms with van der Waals surface area (Å²) in [5.41, 5.74) is 5.24. The van der Waals surface area contributed by atoms with Gasteiger partial charge in [0.15, 0.2) is 0 Å². The molecule has 1 atom stereocenters. The molecule has 1 unspecified atom stereocenters. The number of aryl methyl sites for hydroxylation is 1. The molecule has 0 bridgehead atoms. The Morgan fingerprint density at radius 1 is 1.28 bits per heavy atom. The minimum absolute atomic E-state index is 0.121. The predicted octanol–water partition coefficient (Wildman–Crippen LogP) is 3.49. The Kier molecular flexibility index (Phi) is 4.00. The minimum atomic E-state index is 0.121. The average molecular weight is 335 g/mol. The van der Waals surface area contributed by atoms with Crippen LogP contribution in [0.2, 0.25) is 0 Å². The Morgan fingerprint density at radius 3 is 2.76 bits per heavy atom. The molecule has 4 rings (SSSR count). The first-order valence-corrected chi connectivity index (χ1v) is 8.90. The number of rotatable bonds is 4. The van der Waals surface area contributed by atoms with Crippen molar-refractivity contribution in [1.29, 1.82) is 0 Å². The number of hydrogen-bond acceptors (Lipinski definition) is 3. The molecule has 4 heteroatoms. The van der Waals surface area contributed by atoms with Crippen molar-refractivity contribution in [3.8, 4) is 5.75 Å². The van der Waals surface area contributed by atoms with E-state index in [4.69, 9.17) is 9.72 Å². The van der Waals surface area contributed by atoms with E-state index in [9.17, 15) is 0 Å². The van der Waals surface area contributed by atoms with E-state index in [-0.39, 0.29) is 5.41 Å². The van der Waals surface area contributed by atoms with E-state index in [1.807, 2.05) is 18.3 Å². The summed E-state index contributed by atoms with van der Waals surface area (Å²) in [4.78, 5) is 4.77. The maximum absolute atomic E-state index is 5.24. The zero-order chi connectivity index (χ0) is 17.4. The van der Waals surface area contributed by atoms with E-state index < -0.39 is 0 Å². The van der Waals surface area contributed by atoms with Crippen molar-refractivity contribution in [1.82, 2.24) is 14.7 Å². The van der Waals surface area contributed by atoms with Crippen molar-refractivity contribution in [2.75, 3.05) is 20.2 Å². The predicted molar refractivity (Wildman–Crippen MR) is 101 cm³/mol. The summed E-state index contributed by atoms with van der Waals surface area (Å²) in [6, 6.07) is 10.6. The average Bonchev–Trinajstić information content (AvgIpc) is 3.23. The highest BCUT2D eigenvalue weighted by Crippen LogP contribution is 2.30. The number of nitrogens with zero attached hydrogens (tertiary/aromatic N) is 2. The lowest BCUT2D eigenvalue weighted by molar-refractivity contribution is 0.414. The number of benzene rings is 1. The van der Waals surface area contributed by atoms with Crippen LogP contribution in [0.25, 0.3) is 5.52 Å².